The topological polar surface area (TPSA) is 58.6 Å². The van der Waals surface area contributed by atoms with Crippen LogP contribution in [-0.2, 0) is 9.53 Å². The van der Waals surface area contributed by atoms with Crippen molar-refractivity contribution in [3.05, 3.63) is 0 Å². The summed E-state index contributed by atoms with van der Waals surface area (Å²) < 4.78 is 4.42. The number of hydrogen-bond acceptors (Lipinski definition) is 3. The maximum atomic E-state index is 12.0. The van der Waals surface area contributed by atoms with E-state index in [0.29, 0.717) is 12.0 Å². The minimum Gasteiger partial charge on any atom is -0.453 e. The summed E-state index contributed by atoms with van der Waals surface area (Å²) in [5.41, 5.74) is 0. The molecule has 0 spiro atoms. The molecule has 1 N–H and O–H groups in total. The first-order valence-corrected chi connectivity index (χ1v) is 5.28. The van der Waals surface area contributed by atoms with Gasteiger partial charge in [-0.15, -0.1) is 6.42 Å². The molecule has 2 rings (SSSR count). The Balaban J connectivity index is 1.96. The Morgan fingerprint density at radius 3 is 2.81 bits per heavy atom. The van der Waals surface area contributed by atoms with Gasteiger partial charge in [-0.05, 0) is 18.8 Å². The summed E-state index contributed by atoms with van der Waals surface area (Å²) in [5, 5.41) is 2.34. The van der Waals surface area contributed by atoms with Gasteiger partial charge in [0.1, 0.15) is 0 Å². The second-order valence-corrected chi connectivity index (χ2v) is 4.12. The maximum Gasteiger partial charge on any atom is 0.408 e. The number of amides is 2. The minimum absolute atomic E-state index is 0.196. The summed E-state index contributed by atoms with van der Waals surface area (Å²) >= 11 is 0. The first-order valence-electron chi connectivity index (χ1n) is 5.28. The molecule has 5 nitrogen and oxygen atoms in total. The third kappa shape index (κ3) is 1.83. The number of ether oxygens (including phenoxy) is 1. The number of nitrogens with one attached hydrogen (secondary N) is 1. The van der Waals surface area contributed by atoms with E-state index in [2.05, 4.69) is 16.0 Å². The summed E-state index contributed by atoms with van der Waals surface area (Å²) in [6.45, 7) is 0.745. The van der Waals surface area contributed by atoms with Crippen molar-refractivity contribution in [1.29, 1.82) is 0 Å². The maximum absolute atomic E-state index is 12.0. The Bertz CT molecular complexity index is 361. The molecule has 86 valence electrons. The van der Waals surface area contributed by atoms with E-state index in [-0.39, 0.29) is 5.91 Å². The number of fused-ring (bicyclic) bond motifs is 1. The van der Waals surface area contributed by atoms with E-state index < -0.39 is 12.1 Å². The van der Waals surface area contributed by atoms with Crippen LogP contribution in [0, 0.1) is 18.3 Å². The van der Waals surface area contributed by atoms with Crippen molar-refractivity contribution in [2.24, 2.45) is 5.92 Å². The Morgan fingerprint density at radius 1 is 1.62 bits per heavy atom. The number of carbonyl (C=O) groups is 2. The molecule has 5 heteroatoms. The van der Waals surface area contributed by atoms with Crippen molar-refractivity contribution in [3.8, 4) is 12.3 Å². The van der Waals surface area contributed by atoms with Crippen LogP contribution in [0.3, 0.4) is 0 Å². The van der Waals surface area contributed by atoms with E-state index in [0.717, 1.165) is 19.4 Å². The number of nitrogens with zero attached hydrogens (tertiary/aromatic N) is 1. The first-order chi connectivity index (χ1) is 7.67. The lowest BCUT2D eigenvalue weighted by Gasteiger charge is -2.21. The van der Waals surface area contributed by atoms with Gasteiger partial charge < -0.3 is 9.64 Å². The van der Waals surface area contributed by atoms with Crippen LogP contribution in [-0.4, -0.2) is 42.6 Å². The van der Waals surface area contributed by atoms with Crippen LogP contribution in [0.2, 0.25) is 0 Å². The fourth-order valence-corrected chi connectivity index (χ4v) is 2.19. The molecule has 3 atom stereocenters. The van der Waals surface area contributed by atoms with E-state index in [1.807, 2.05) is 0 Å². The van der Waals surface area contributed by atoms with E-state index in [1.54, 1.807) is 4.90 Å². The Kier molecular flexibility index (Phi) is 2.73. The molecule has 1 aliphatic carbocycles. The van der Waals surface area contributed by atoms with Crippen molar-refractivity contribution in [1.82, 2.24) is 10.2 Å². The summed E-state index contributed by atoms with van der Waals surface area (Å²) in [6.07, 6.45) is 6.68. The molecule has 0 aromatic heterocycles. The molecule has 1 heterocycles. The van der Waals surface area contributed by atoms with Crippen LogP contribution in [0.25, 0.3) is 0 Å². The largest absolute Gasteiger partial charge is 0.453 e. The van der Waals surface area contributed by atoms with Gasteiger partial charge in [0, 0.05) is 12.6 Å². The Hall–Kier alpha value is -1.70. The fourth-order valence-electron chi connectivity index (χ4n) is 2.19. The van der Waals surface area contributed by atoms with Gasteiger partial charge >= 0.3 is 6.09 Å². The van der Waals surface area contributed by atoms with Crippen LogP contribution >= 0.6 is 0 Å². The number of alkyl carbamates (subject to hydrolysis) is 1. The highest BCUT2D eigenvalue weighted by Gasteiger charge is 2.49. The van der Waals surface area contributed by atoms with Crippen LogP contribution < -0.4 is 5.32 Å². The van der Waals surface area contributed by atoms with Gasteiger partial charge in [-0.25, -0.2) is 4.79 Å². The SMILES string of the molecule is C#CC(NC(=O)OC)C(=O)N1CCC2CC21. The van der Waals surface area contributed by atoms with Crippen molar-refractivity contribution < 1.29 is 14.3 Å². The number of methoxy groups -OCH3 is 1. The average molecular weight is 222 g/mol. The monoisotopic (exact) mass is 222 g/mol. The standard InChI is InChI=1S/C11H14N2O3/c1-3-8(12-11(15)16-2)10(14)13-5-4-7-6-9(7)13/h1,7-9H,4-6H2,2H3,(H,12,15). The highest BCUT2D eigenvalue weighted by molar-refractivity contribution is 5.89. The lowest BCUT2D eigenvalue weighted by atomic mass is 10.2. The van der Waals surface area contributed by atoms with Crippen LogP contribution in [0.1, 0.15) is 12.8 Å². The quantitative estimate of drug-likeness (QED) is 0.667. The van der Waals surface area contributed by atoms with E-state index in [9.17, 15) is 9.59 Å². The third-order valence-electron chi connectivity index (χ3n) is 3.17. The third-order valence-corrected chi connectivity index (χ3v) is 3.17. The molecular formula is C11H14N2O3. The van der Waals surface area contributed by atoms with Crippen LogP contribution in [0.15, 0.2) is 0 Å². The Morgan fingerprint density at radius 2 is 2.38 bits per heavy atom. The fraction of sp³-hybridized carbons (Fsp3) is 0.636. The molecule has 0 radical (unpaired) electrons. The summed E-state index contributed by atoms with van der Waals surface area (Å²) in [6, 6.07) is -0.561. The first kappa shape index (κ1) is 10.8. The van der Waals surface area contributed by atoms with Gasteiger partial charge in [0.15, 0.2) is 6.04 Å². The van der Waals surface area contributed by atoms with Crippen molar-refractivity contribution >= 4 is 12.0 Å². The zero-order valence-electron chi connectivity index (χ0n) is 9.10. The lowest BCUT2D eigenvalue weighted by Crippen LogP contribution is -2.47. The van der Waals surface area contributed by atoms with Gasteiger partial charge in [0.05, 0.1) is 7.11 Å². The molecule has 2 fully saturated rings. The number of hydrogen-bond donors (Lipinski definition) is 1. The molecule has 1 saturated carbocycles. The van der Waals surface area contributed by atoms with E-state index >= 15 is 0 Å². The second-order valence-electron chi connectivity index (χ2n) is 4.12. The number of likely N-dealkylation sites (tertiary alicyclic amines) is 1. The lowest BCUT2D eigenvalue weighted by molar-refractivity contribution is -0.131. The average Bonchev–Trinajstić information content (AvgIpc) is 2.96. The second kappa shape index (κ2) is 4.05. The molecule has 1 saturated heterocycles. The molecule has 2 aliphatic rings. The van der Waals surface area contributed by atoms with Gasteiger partial charge in [-0.3, -0.25) is 10.1 Å². The van der Waals surface area contributed by atoms with Crippen LogP contribution in [0.4, 0.5) is 4.79 Å². The number of terminal acetylenes is 1. The molecule has 0 aromatic rings. The normalized spacial score (nSPS) is 27.6. The molecule has 0 aromatic carbocycles. The predicted molar refractivity (Wildman–Crippen MR) is 56.4 cm³/mol. The van der Waals surface area contributed by atoms with Gasteiger partial charge in [0.25, 0.3) is 5.91 Å². The molecule has 16 heavy (non-hydrogen) atoms. The zero-order valence-corrected chi connectivity index (χ0v) is 9.10. The minimum atomic E-state index is -0.910. The zero-order chi connectivity index (χ0) is 11.7. The van der Waals surface area contributed by atoms with Crippen molar-refractivity contribution in [3.63, 3.8) is 0 Å². The number of piperidine rings is 1. The summed E-state index contributed by atoms with van der Waals surface area (Å²) in [7, 11) is 1.24. The summed E-state index contributed by atoms with van der Waals surface area (Å²) in [5.74, 6) is 2.74. The predicted octanol–water partition coefficient (Wildman–Crippen LogP) is -0.0350. The Labute approximate surface area is 94.1 Å². The molecule has 1 aliphatic heterocycles. The highest BCUT2D eigenvalue weighted by Crippen LogP contribution is 2.44. The van der Waals surface area contributed by atoms with Crippen molar-refractivity contribution in [2.45, 2.75) is 24.9 Å². The molecular weight excluding hydrogens is 208 g/mol. The number of carbonyl (C=O) groups excluding carboxylic acids is 2. The van der Waals surface area contributed by atoms with Gasteiger partial charge in [-0.1, -0.05) is 5.92 Å². The van der Waals surface area contributed by atoms with Crippen LogP contribution in [0.5, 0.6) is 0 Å². The van der Waals surface area contributed by atoms with Crippen molar-refractivity contribution in [2.75, 3.05) is 13.7 Å². The van der Waals surface area contributed by atoms with Gasteiger partial charge in [0.2, 0.25) is 0 Å². The smallest absolute Gasteiger partial charge is 0.408 e. The van der Waals surface area contributed by atoms with E-state index in [1.165, 1.54) is 7.11 Å². The van der Waals surface area contributed by atoms with Gasteiger partial charge in [-0.2, -0.15) is 0 Å². The molecule has 2 amide bonds. The molecule has 3 unspecified atom stereocenters. The molecule has 0 bridgehead atoms. The van der Waals surface area contributed by atoms with E-state index in [4.69, 9.17) is 6.42 Å². The summed E-state index contributed by atoms with van der Waals surface area (Å²) in [4.78, 5) is 24.7. The highest BCUT2D eigenvalue weighted by atomic mass is 16.5. The number of rotatable bonds is 2.